The van der Waals surface area contributed by atoms with Gasteiger partial charge in [-0.1, -0.05) is 61.2 Å². The highest BCUT2D eigenvalue weighted by molar-refractivity contribution is 6.85. The second-order valence-electron chi connectivity index (χ2n) is 7.56. The van der Waals surface area contributed by atoms with Gasteiger partial charge >= 0.3 is 0 Å². The molecular weight excluding hydrogens is 185 g/mol. The summed E-state index contributed by atoms with van der Waals surface area (Å²) in [5, 5.41) is 0.664. The van der Waals surface area contributed by atoms with Crippen molar-refractivity contribution in [2.24, 2.45) is 0 Å². The molecule has 0 aromatic carbocycles. The lowest BCUT2D eigenvalue weighted by molar-refractivity contribution is 0.632. The average molecular weight is 213 g/mol. The lowest BCUT2D eigenvalue weighted by Crippen LogP contribution is -2.58. The molecule has 84 valence electrons. The van der Waals surface area contributed by atoms with Crippen molar-refractivity contribution in [3.8, 4) is 0 Å². The molecule has 0 radical (unpaired) electrons. The number of nitrogens with one attached hydrogen (secondary N) is 1. The summed E-state index contributed by atoms with van der Waals surface area (Å²) in [6.07, 6.45) is 0. The van der Waals surface area contributed by atoms with Crippen LogP contribution in [0.5, 0.6) is 0 Å². The van der Waals surface area contributed by atoms with E-state index in [1.165, 1.54) is 0 Å². The lowest BCUT2D eigenvalue weighted by Gasteiger charge is -2.41. The molecule has 0 bridgehead atoms. The van der Waals surface area contributed by atoms with Crippen molar-refractivity contribution in [1.82, 2.24) is 4.89 Å². The van der Waals surface area contributed by atoms with Gasteiger partial charge in [0.05, 0.1) is 0 Å². The molecule has 0 saturated heterocycles. The average Bonchev–Trinajstić information content (AvgIpc) is 1.75. The molecule has 14 heavy (non-hydrogen) atoms. The van der Waals surface area contributed by atoms with Gasteiger partial charge in [0, 0.05) is 0 Å². The fourth-order valence-electron chi connectivity index (χ4n) is 2.17. The molecule has 0 unspecified atom stereocenters. The van der Waals surface area contributed by atoms with Crippen molar-refractivity contribution in [2.45, 2.75) is 71.8 Å². The zero-order valence-electron chi connectivity index (χ0n) is 11.6. The van der Waals surface area contributed by atoms with Crippen molar-refractivity contribution >= 4 is 15.1 Å². The maximum Gasteiger partial charge on any atom is 0.224 e. The summed E-state index contributed by atoms with van der Waals surface area (Å²) < 4.78 is 0. The maximum absolute atomic E-state index is 3.88. The largest absolute Gasteiger partial charge is 0.378 e. The van der Waals surface area contributed by atoms with E-state index in [-0.39, 0.29) is 0 Å². The van der Waals surface area contributed by atoms with Crippen LogP contribution in [0.15, 0.2) is 0 Å². The summed E-state index contributed by atoms with van der Waals surface area (Å²) in [7, 11) is -1.19. The molecule has 0 aromatic rings. The molecule has 0 fully saturated rings. The molecule has 1 nitrogen and oxygen atoms in total. The minimum Gasteiger partial charge on any atom is -0.378 e. The molecule has 0 atom stereocenters. The van der Waals surface area contributed by atoms with Crippen LogP contribution in [0.4, 0.5) is 0 Å². The van der Waals surface area contributed by atoms with Gasteiger partial charge in [0.25, 0.3) is 0 Å². The van der Waals surface area contributed by atoms with Gasteiger partial charge in [0.15, 0.2) is 0 Å². The zero-order chi connectivity index (χ0) is 11.8. The third-order valence-electron chi connectivity index (χ3n) is 2.31. The Balaban J connectivity index is 4.78. The quantitative estimate of drug-likeness (QED) is 0.683. The van der Waals surface area contributed by atoms with Gasteiger partial charge in [-0.05, 0) is 10.6 Å². The first-order chi connectivity index (χ1) is 5.84. The van der Waals surface area contributed by atoms with Crippen LogP contribution < -0.4 is 4.89 Å². The van der Waals surface area contributed by atoms with E-state index in [0.29, 0.717) is 17.5 Å². The molecule has 0 aliphatic heterocycles. The molecule has 0 spiro atoms. The van der Waals surface area contributed by atoms with Crippen molar-refractivity contribution in [2.75, 3.05) is 0 Å². The molecule has 0 heterocycles. The van der Waals surface area contributed by atoms with Crippen LogP contribution >= 0.6 is 0 Å². The van der Waals surface area contributed by atoms with Gasteiger partial charge in [-0.3, -0.25) is 0 Å². The summed E-state index contributed by atoms with van der Waals surface area (Å²) in [6, 6.07) is 0. The monoisotopic (exact) mass is 213 g/mol. The van der Waals surface area contributed by atoms with Crippen molar-refractivity contribution < 1.29 is 0 Å². The molecular formula is C11H28BNSi. The highest BCUT2D eigenvalue weighted by atomic mass is 28.3. The van der Waals surface area contributed by atoms with Crippen molar-refractivity contribution in [3.63, 3.8) is 0 Å². The predicted octanol–water partition coefficient (Wildman–Crippen LogP) is 4.00. The number of hydrogen-bond donors (Lipinski definition) is 1. The summed E-state index contributed by atoms with van der Waals surface area (Å²) in [4.78, 5) is 3.88. The van der Waals surface area contributed by atoms with E-state index in [4.69, 9.17) is 0 Å². The van der Waals surface area contributed by atoms with Crippen molar-refractivity contribution in [1.29, 1.82) is 0 Å². The second-order valence-corrected chi connectivity index (χ2v) is 12.3. The van der Waals surface area contributed by atoms with Gasteiger partial charge in [-0.2, -0.15) is 0 Å². The minimum atomic E-state index is -1.19. The maximum atomic E-state index is 3.88. The fraction of sp³-hybridized carbons (Fsp3) is 1.00. The Kier molecular flexibility index (Phi) is 4.08. The minimum absolute atomic E-state index is 0.332. The molecule has 0 aromatic heterocycles. The highest BCUT2D eigenvalue weighted by Gasteiger charge is 2.41. The topological polar surface area (TPSA) is 12.0 Å². The van der Waals surface area contributed by atoms with Crippen LogP contribution in [0.2, 0.25) is 30.3 Å². The Morgan fingerprint density at radius 1 is 0.786 bits per heavy atom. The number of rotatable bonds is 2. The second kappa shape index (κ2) is 4.01. The van der Waals surface area contributed by atoms with Crippen LogP contribution in [0.1, 0.15) is 41.5 Å². The SMILES string of the molecule is CC(C)(C)B(N[Si](C)(C)C)C(C)(C)C. The van der Waals surface area contributed by atoms with Crippen LogP contribution in [0.3, 0.4) is 0 Å². The Morgan fingerprint density at radius 3 is 1.14 bits per heavy atom. The van der Waals surface area contributed by atoms with Crippen LogP contribution in [0, 0.1) is 0 Å². The molecule has 1 N–H and O–H groups in total. The normalized spacial score (nSPS) is 14.4. The van der Waals surface area contributed by atoms with E-state index in [1.807, 2.05) is 0 Å². The summed E-state index contributed by atoms with van der Waals surface area (Å²) in [5.74, 6) is 0. The van der Waals surface area contributed by atoms with Crippen LogP contribution in [-0.2, 0) is 0 Å². The first kappa shape index (κ1) is 14.2. The highest BCUT2D eigenvalue weighted by Crippen LogP contribution is 2.40. The van der Waals surface area contributed by atoms with Gasteiger partial charge in [0.2, 0.25) is 6.85 Å². The van der Waals surface area contributed by atoms with E-state index in [2.05, 4.69) is 66.1 Å². The van der Waals surface area contributed by atoms with E-state index >= 15 is 0 Å². The van der Waals surface area contributed by atoms with Gasteiger partial charge in [-0.15, -0.1) is 0 Å². The molecule has 0 rings (SSSR count). The van der Waals surface area contributed by atoms with E-state index in [1.54, 1.807) is 0 Å². The molecule has 0 saturated carbocycles. The number of hydrogen-bond acceptors (Lipinski definition) is 1. The van der Waals surface area contributed by atoms with Gasteiger partial charge in [0.1, 0.15) is 8.24 Å². The van der Waals surface area contributed by atoms with Gasteiger partial charge in [-0.25, -0.2) is 0 Å². The molecule has 3 heteroatoms. The zero-order valence-corrected chi connectivity index (χ0v) is 12.6. The van der Waals surface area contributed by atoms with Crippen LogP contribution in [0.25, 0.3) is 0 Å². The fourth-order valence-corrected chi connectivity index (χ4v) is 3.90. The smallest absolute Gasteiger partial charge is 0.224 e. The summed E-state index contributed by atoms with van der Waals surface area (Å²) >= 11 is 0. The Labute approximate surface area is 92.2 Å². The van der Waals surface area contributed by atoms with E-state index < -0.39 is 8.24 Å². The van der Waals surface area contributed by atoms with Gasteiger partial charge < -0.3 is 4.89 Å². The lowest BCUT2D eigenvalue weighted by atomic mass is 9.32. The van der Waals surface area contributed by atoms with Crippen molar-refractivity contribution in [3.05, 3.63) is 0 Å². The molecule has 0 aliphatic carbocycles. The Hall–Kier alpha value is 0.242. The van der Waals surface area contributed by atoms with Crippen LogP contribution in [-0.4, -0.2) is 15.1 Å². The summed E-state index contributed by atoms with van der Waals surface area (Å²) in [6.45, 7) is 21.7. The standard InChI is InChI=1S/C11H28BNSi/c1-10(2,3)12(11(4,5)6)13-14(7,8)9/h13H,1-9H3. The molecule has 0 amide bonds. The Morgan fingerprint density at radius 2 is 1.07 bits per heavy atom. The third kappa shape index (κ3) is 5.20. The summed E-state index contributed by atoms with van der Waals surface area (Å²) in [5.41, 5.74) is 0. The van der Waals surface area contributed by atoms with E-state index in [0.717, 1.165) is 0 Å². The first-order valence-corrected chi connectivity index (χ1v) is 9.12. The first-order valence-electron chi connectivity index (χ1n) is 5.62. The van der Waals surface area contributed by atoms with E-state index in [9.17, 15) is 0 Å². The predicted molar refractivity (Wildman–Crippen MR) is 71.7 cm³/mol. The third-order valence-corrected chi connectivity index (χ3v) is 3.46. The Bertz CT molecular complexity index is 169. The molecule has 0 aliphatic rings.